The topological polar surface area (TPSA) is 237 Å². The zero-order chi connectivity index (χ0) is 70.3. The van der Waals surface area contributed by atoms with Crippen molar-refractivity contribution in [3.63, 3.8) is 0 Å². The van der Waals surface area contributed by atoms with Crippen LogP contribution in [0.3, 0.4) is 0 Å². The Morgan fingerprint density at radius 1 is 0.263 bits per heavy atom. The Labute approximate surface area is 581 Å². The third-order valence-electron chi connectivity index (χ3n) is 17.6. The summed E-state index contributed by atoms with van der Waals surface area (Å²) in [5.41, 5.74) is 0. The highest BCUT2D eigenvalue weighted by atomic mass is 31.2. The molecule has 0 radical (unpaired) electrons. The second-order valence-corrected chi connectivity index (χ2v) is 32.2. The summed E-state index contributed by atoms with van der Waals surface area (Å²) < 4.78 is 68.5. The lowest BCUT2D eigenvalue weighted by molar-refractivity contribution is -0.161. The van der Waals surface area contributed by atoms with E-state index in [0.29, 0.717) is 31.6 Å². The first-order chi connectivity index (χ1) is 45.6. The SMILES string of the molecule is CC(C)CCCCCCCCCCCCCCCCCCC(=O)OC[C@H](COP(=O)(O)OC[C@@H](O)COP(=O)(O)OC[C@@H](COC(=O)CCCCCCCCC(C)C)OC(=O)CCCCCCCCCCCCC(C)C)OC(=O)CCCCCCCCCCCCCC(C)C. The molecule has 95 heavy (non-hydrogen) atoms. The van der Waals surface area contributed by atoms with Gasteiger partial charge < -0.3 is 33.8 Å². The number of hydrogen-bond acceptors (Lipinski definition) is 15. The molecule has 0 aliphatic carbocycles. The van der Waals surface area contributed by atoms with Crippen molar-refractivity contribution in [1.82, 2.24) is 0 Å². The van der Waals surface area contributed by atoms with Crippen LogP contribution in [0.25, 0.3) is 0 Å². The smallest absolute Gasteiger partial charge is 0.462 e. The van der Waals surface area contributed by atoms with Gasteiger partial charge in [-0.05, 0) is 49.4 Å². The molecule has 0 aromatic rings. The number of phosphoric acid groups is 2. The molecule has 5 atom stereocenters. The first-order valence-corrected chi connectivity index (χ1v) is 42.2. The van der Waals surface area contributed by atoms with Crippen molar-refractivity contribution in [3.05, 3.63) is 0 Å². The van der Waals surface area contributed by atoms with Crippen LogP contribution in [-0.4, -0.2) is 96.7 Å². The van der Waals surface area contributed by atoms with Gasteiger partial charge in [-0.1, -0.05) is 331 Å². The predicted molar refractivity (Wildman–Crippen MR) is 386 cm³/mol. The molecule has 564 valence electrons. The number of aliphatic hydroxyl groups excluding tert-OH is 1. The fraction of sp³-hybridized carbons (Fsp3) is 0.947. The summed E-state index contributed by atoms with van der Waals surface area (Å²) in [4.78, 5) is 72.8. The van der Waals surface area contributed by atoms with E-state index in [1.807, 2.05) is 0 Å². The molecule has 0 saturated heterocycles. The van der Waals surface area contributed by atoms with Gasteiger partial charge in [-0.2, -0.15) is 0 Å². The van der Waals surface area contributed by atoms with Crippen molar-refractivity contribution in [2.24, 2.45) is 23.7 Å². The normalized spacial score (nSPS) is 14.1. The molecule has 3 N–H and O–H groups in total. The molecule has 0 bridgehead atoms. The van der Waals surface area contributed by atoms with Gasteiger partial charge in [0.1, 0.15) is 19.3 Å². The number of unbranched alkanes of at least 4 members (excludes halogenated alkanes) is 39. The van der Waals surface area contributed by atoms with Gasteiger partial charge in [0.2, 0.25) is 0 Å². The van der Waals surface area contributed by atoms with E-state index >= 15 is 0 Å². The van der Waals surface area contributed by atoms with Gasteiger partial charge in [0, 0.05) is 25.7 Å². The molecule has 2 unspecified atom stereocenters. The molecule has 0 aromatic heterocycles. The molecule has 0 spiro atoms. The summed E-state index contributed by atoms with van der Waals surface area (Å²) in [6.45, 7) is 14.1. The minimum atomic E-state index is -4.96. The molecule has 0 amide bonds. The van der Waals surface area contributed by atoms with Crippen LogP contribution < -0.4 is 0 Å². The van der Waals surface area contributed by atoms with Gasteiger partial charge in [-0.25, -0.2) is 9.13 Å². The second-order valence-electron chi connectivity index (χ2n) is 29.3. The van der Waals surface area contributed by atoms with E-state index in [9.17, 15) is 43.2 Å². The van der Waals surface area contributed by atoms with E-state index in [1.54, 1.807) is 0 Å². The molecule has 19 heteroatoms. The summed E-state index contributed by atoms with van der Waals surface area (Å²) in [7, 11) is -9.91. The third kappa shape index (κ3) is 70.3. The number of ether oxygens (including phenoxy) is 4. The minimum absolute atomic E-state index is 0.104. The third-order valence-corrected chi connectivity index (χ3v) is 19.5. The van der Waals surface area contributed by atoms with Gasteiger partial charge in [-0.3, -0.25) is 37.3 Å². The van der Waals surface area contributed by atoms with E-state index in [4.69, 9.17) is 37.0 Å². The zero-order valence-corrected chi connectivity index (χ0v) is 64.1. The highest BCUT2D eigenvalue weighted by Crippen LogP contribution is 2.45. The number of hydrogen-bond donors (Lipinski definition) is 3. The van der Waals surface area contributed by atoms with E-state index in [2.05, 4.69) is 55.4 Å². The van der Waals surface area contributed by atoms with Crippen LogP contribution in [0.15, 0.2) is 0 Å². The standard InChI is InChI=1S/C76H148O17P2/c1-66(2)52-44-36-28-22-16-13-11-9-10-12-14-18-25-31-40-48-56-73(78)86-62-71(92-75(80)58-50-42-32-26-19-15-17-23-29-37-45-53-67(3)4)64-90-94(82,83)88-60-70(77)61-89-95(84,85)91-65-72(63-87-74(79)57-49-41-35-34-39-47-55-69(7)8)93-76(81)59-51-43-33-27-21-20-24-30-38-46-54-68(5)6/h66-72,77H,9-65H2,1-8H3,(H,82,83)(H,84,85)/t70-,71-,72-/m1/s1. The van der Waals surface area contributed by atoms with Crippen molar-refractivity contribution in [2.75, 3.05) is 39.6 Å². The zero-order valence-electron chi connectivity index (χ0n) is 62.3. The number of phosphoric ester groups is 2. The molecule has 0 heterocycles. The van der Waals surface area contributed by atoms with E-state index in [0.717, 1.165) is 114 Å². The molecule has 0 aliphatic rings. The maximum Gasteiger partial charge on any atom is 0.472 e. The van der Waals surface area contributed by atoms with Crippen molar-refractivity contribution in [2.45, 2.75) is 401 Å². The highest BCUT2D eigenvalue weighted by molar-refractivity contribution is 7.47. The average molecular weight is 1400 g/mol. The average Bonchev–Trinajstić information content (AvgIpc) is 2.95. The quantitative estimate of drug-likeness (QED) is 0.0222. The first-order valence-electron chi connectivity index (χ1n) is 39.2. The Balaban J connectivity index is 5.21. The van der Waals surface area contributed by atoms with Gasteiger partial charge >= 0.3 is 39.5 Å². The molecule has 0 saturated carbocycles. The monoisotopic (exact) mass is 1400 g/mol. The molecule has 0 fully saturated rings. The van der Waals surface area contributed by atoms with Crippen molar-refractivity contribution in [1.29, 1.82) is 0 Å². The van der Waals surface area contributed by atoms with Crippen LogP contribution >= 0.6 is 15.6 Å². The number of esters is 4. The van der Waals surface area contributed by atoms with Crippen molar-refractivity contribution < 1.29 is 80.2 Å². The minimum Gasteiger partial charge on any atom is -0.462 e. The Hall–Kier alpha value is -1.94. The molecular formula is C76H148O17P2. The summed E-state index contributed by atoms with van der Waals surface area (Å²) in [6, 6.07) is 0. The Kier molecular flexibility index (Phi) is 64.0. The number of carbonyl (C=O) groups excluding carboxylic acids is 4. The predicted octanol–water partition coefficient (Wildman–Crippen LogP) is 22.0. The van der Waals surface area contributed by atoms with Crippen LogP contribution in [0.2, 0.25) is 0 Å². The fourth-order valence-corrected chi connectivity index (χ4v) is 13.1. The lowest BCUT2D eigenvalue weighted by Crippen LogP contribution is -2.30. The van der Waals surface area contributed by atoms with Crippen LogP contribution in [0.4, 0.5) is 0 Å². The van der Waals surface area contributed by atoms with E-state index < -0.39 is 97.5 Å². The Morgan fingerprint density at radius 2 is 0.442 bits per heavy atom. The van der Waals surface area contributed by atoms with E-state index in [1.165, 1.54) is 180 Å². The fourth-order valence-electron chi connectivity index (χ4n) is 11.6. The Bertz CT molecular complexity index is 1870. The summed E-state index contributed by atoms with van der Waals surface area (Å²) >= 11 is 0. The van der Waals surface area contributed by atoms with Crippen molar-refractivity contribution >= 4 is 39.5 Å². The number of rotatable bonds is 73. The maximum atomic E-state index is 13.1. The number of carbonyl (C=O) groups is 4. The van der Waals surface area contributed by atoms with Gasteiger partial charge in [-0.15, -0.1) is 0 Å². The van der Waals surface area contributed by atoms with Gasteiger partial charge in [0.15, 0.2) is 12.2 Å². The molecule has 0 aliphatic heterocycles. The van der Waals surface area contributed by atoms with Crippen LogP contribution in [-0.2, 0) is 65.4 Å². The Morgan fingerprint density at radius 3 is 0.653 bits per heavy atom. The van der Waals surface area contributed by atoms with Crippen molar-refractivity contribution in [3.8, 4) is 0 Å². The lowest BCUT2D eigenvalue weighted by Gasteiger charge is -2.21. The van der Waals surface area contributed by atoms with Crippen LogP contribution in [0.1, 0.15) is 383 Å². The van der Waals surface area contributed by atoms with Crippen LogP contribution in [0, 0.1) is 23.7 Å². The van der Waals surface area contributed by atoms with Crippen LogP contribution in [0.5, 0.6) is 0 Å². The molecule has 0 rings (SSSR count). The molecular weight excluding hydrogens is 1250 g/mol. The molecule has 0 aromatic carbocycles. The van der Waals surface area contributed by atoms with E-state index in [-0.39, 0.29) is 25.7 Å². The number of aliphatic hydroxyl groups is 1. The lowest BCUT2D eigenvalue weighted by atomic mass is 10.0. The molecule has 17 nitrogen and oxygen atoms in total. The largest absolute Gasteiger partial charge is 0.472 e. The highest BCUT2D eigenvalue weighted by Gasteiger charge is 2.30. The summed E-state index contributed by atoms with van der Waals surface area (Å²) in [5.74, 6) is 0.886. The second kappa shape index (κ2) is 65.4. The maximum absolute atomic E-state index is 13.1. The van der Waals surface area contributed by atoms with Gasteiger partial charge in [0.05, 0.1) is 26.4 Å². The summed E-state index contributed by atoms with van der Waals surface area (Å²) in [5, 5.41) is 10.6. The first kappa shape index (κ1) is 93.1. The summed E-state index contributed by atoms with van der Waals surface area (Å²) in [6.07, 6.45) is 50.1. The van der Waals surface area contributed by atoms with Gasteiger partial charge in [0.25, 0.3) is 0 Å².